The van der Waals surface area contributed by atoms with Crippen molar-refractivity contribution in [1.82, 2.24) is 9.88 Å². The van der Waals surface area contributed by atoms with Crippen LogP contribution in [0.4, 0.5) is 0 Å². The van der Waals surface area contributed by atoms with E-state index in [0.717, 1.165) is 18.5 Å². The molecule has 0 radical (unpaired) electrons. The zero-order chi connectivity index (χ0) is 15.5. The maximum Gasteiger partial charge on any atom is 0.354 e. The summed E-state index contributed by atoms with van der Waals surface area (Å²) in [5.41, 5.74) is 0.523. The van der Waals surface area contributed by atoms with Crippen molar-refractivity contribution in [3.8, 4) is 0 Å². The predicted octanol–water partition coefficient (Wildman–Crippen LogP) is 2.40. The van der Waals surface area contributed by atoms with Crippen LogP contribution in [0.5, 0.6) is 0 Å². The van der Waals surface area contributed by atoms with Gasteiger partial charge in [0.05, 0.1) is 12.0 Å². The Morgan fingerprint density at radius 1 is 1.39 bits per heavy atom. The van der Waals surface area contributed by atoms with E-state index >= 15 is 0 Å². The van der Waals surface area contributed by atoms with E-state index in [9.17, 15) is 9.59 Å². The minimum Gasteiger partial charge on any atom is -0.477 e. The van der Waals surface area contributed by atoms with Gasteiger partial charge in [-0.3, -0.25) is 9.69 Å². The molecule has 2 rings (SSSR count). The fraction of sp³-hybridized carbons (Fsp3) is 0.533. The van der Waals surface area contributed by atoms with Crippen LogP contribution in [0.1, 0.15) is 36.3 Å². The largest absolute Gasteiger partial charge is 0.477 e. The van der Waals surface area contributed by atoms with Crippen LogP contribution in [0.25, 0.3) is 0 Å². The number of ether oxygens (including phenoxy) is 1. The molecule has 0 aromatic carbocycles. The summed E-state index contributed by atoms with van der Waals surface area (Å²) in [6.45, 7) is 6.25. The summed E-state index contributed by atoms with van der Waals surface area (Å²) in [6.07, 6.45) is 2.34. The van der Waals surface area contributed by atoms with Gasteiger partial charge in [-0.25, -0.2) is 9.78 Å². The first-order valence-electron chi connectivity index (χ1n) is 7.02. The second-order valence-corrected chi connectivity index (χ2v) is 5.60. The lowest BCUT2D eigenvalue weighted by Gasteiger charge is -2.22. The van der Waals surface area contributed by atoms with Crippen molar-refractivity contribution in [1.29, 1.82) is 0 Å². The third kappa shape index (κ3) is 5.34. The Morgan fingerprint density at radius 3 is 2.61 bits per heavy atom. The van der Waals surface area contributed by atoms with Gasteiger partial charge in [0, 0.05) is 19.3 Å². The van der Waals surface area contributed by atoms with Crippen LogP contribution in [0.2, 0.25) is 0 Å². The first-order chi connectivity index (χ1) is 9.94. The number of pyridine rings is 1. The summed E-state index contributed by atoms with van der Waals surface area (Å²) < 4.78 is 5.13. The van der Waals surface area contributed by atoms with Crippen molar-refractivity contribution in [3.63, 3.8) is 0 Å². The highest BCUT2D eigenvalue weighted by molar-refractivity contribution is 5.86. The summed E-state index contributed by atoms with van der Waals surface area (Å²) in [7, 11) is 0. The van der Waals surface area contributed by atoms with E-state index in [1.807, 2.05) is 13.8 Å². The Labute approximate surface area is 148 Å². The molecule has 1 atom stereocenters. The monoisotopic (exact) mass is 364 g/mol. The second kappa shape index (κ2) is 9.05. The molecule has 8 heteroatoms. The smallest absolute Gasteiger partial charge is 0.354 e. The molecule has 1 aliphatic rings. The van der Waals surface area contributed by atoms with Gasteiger partial charge in [0.1, 0.15) is 5.69 Å². The highest BCUT2D eigenvalue weighted by atomic mass is 35.5. The summed E-state index contributed by atoms with van der Waals surface area (Å²) in [5, 5.41) is 8.82. The van der Waals surface area contributed by atoms with Gasteiger partial charge in [-0.2, -0.15) is 0 Å². The average molecular weight is 365 g/mol. The second-order valence-electron chi connectivity index (χ2n) is 5.60. The number of carbonyl (C=O) groups excluding carboxylic acids is 1. The SMILES string of the molecule is CCOC(=O)C1(C)CCN(Cc2ccc(C(=O)O)nc2)C1.Cl.Cl. The molecule has 2 heterocycles. The fourth-order valence-corrected chi connectivity index (χ4v) is 2.57. The van der Waals surface area contributed by atoms with Crippen molar-refractivity contribution in [3.05, 3.63) is 29.6 Å². The van der Waals surface area contributed by atoms with Crippen molar-refractivity contribution in [2.24, 2.45) is 5.41 Å². The van der Waals surface area contributed by atoms with Crippen molar-refractivity contribution in [2.45, 2.75) is 26.8 Å². The maximum absolute atomic E-state index is 12.0. The first-order valence-corrected chi connectivity index (χ1v) is 7.02. The molecule has 0 amide bonds. The Hall–Kier alpha value is -1.37. The number of nitrogens with zero attached hydrogens (tertiary/aromatic N) is 2. The third-order valence-corrected chi connectivity index (χ3v) is 3.77. The van der Waals surface area contributed by atoms with Gasteiger partial charge in [-0.05, 0) is 38.4 Å². The number of esters is 1. The predicted molar refractivity (Wildman–Crippen MR) is 90.3 cm³/mol. The normalized spacial score (nSPS) is 20.3. The van der Waals surface area contributed by atoms with Crippen LogP contribution in [0.3, 0.4) is 0 Å². The molecular formula is C15H22Cl2N2O4. The maximum atomic E-state index is 12.0. The number of rotatable bonds is 5. The summed E-state index contributed by atoms with van der Waals surface area (Å²) >= 11 is 0. The zero-order valence-corrected chi connectivity index (χ0v) is 14.8. The molecule has 0 bridgehead atoms. The van der Waals surface area contributed by atoms with Crippen molar-refractivity contribution in [2.75, 3.05) is 19.7 Å². The molecular weight excluding hydrogens is 343 g/mol. The van der Waals surface area contributed by atoms with Gasteiger partial charge < -0.3 is 9.84 Å². The van der Waals surface area contributed by atoms with Crippen molar-refractivity contribution >= 4 is 36.8 Å². The van der Waals surface area contributed by atoms with Crippen LogP contribution < -0.4 is 0 Å². The number of aromatic nitrogens is 1. The molecule has 6 nitrogen and oxygen atoms in total. The minimum absolute atomic E-state index is 0. The lowest BCUT2D eigenvalue weighted by atomic mass is 9.90. The van der Waals surface area contributed by atoms with Gasteiger partial charge in [-0.15, -0.1) is 24.8 Å². The Kier molecular flexibility index (Phi) is 8.52. The molecule has 1 aromatic rings. The Balaban J connectivity index is 0.00000242. The number of halogens is 2. The molecule has 1 aromatic heterocycles. The summed E-state index contributed by atoms with van der Waals surface area (Å²) in [5.74, 6) is -1.18. The van der Waals surface area contributed by atoms with Gasteiger partial charge in [0.2, 0.25) is 0 Å². The molecule has 23 heavy (non-hydrogen) atoms. The average Bonchev–Trinajstić information content (AvgIpc) is 2.82. The number of aromatic carboxylic acids is 1. The highest BCUT2D eigenvalue weighted by Gasteiger charge is 2.41. The van der Waals surface area contributed by atoms with Gasteiger partial charge in [0.25, 0.3) is 0 Å². The van der Waals surface area contributed by atoms with E-state index in [4.69, 9.17) is 9.84 Å². The van der Waals surface area contributed by atoms with Crippen LogP contribution in [-0.4, -0.2) is 46.6 Å². The summed E-state index contributed by atoms with van der Waals surface area (Å²) in [4.78, 5) is 28.8. The van der Waals surface area contributed by atoms with Crippen LogP contribution in [-0.2, 0) is 16.1 Å². The highest BCUT2D eigenvalue weighted by Crippen LogP contribution is 2.32. The lowest BCUT2D eigenvalue weighted by molar-refractivity contribution is -0.153. The Morgan fingerprint density at radius 2 is 2.09 bits per heavy atom. The van der Waals surface area contributed by atoms with Gasteiger partial charge in [0.15, 0.2) is 0 Å². The fourth-order valence-electron chi connectivity index (χ4n) is 2.57. The molecule has 0 aliphatic carbocycles. The molecule has 0 saturated carbocycles. The molecule has 1 saturated heterocycles. The number of carboxylic acid groups (broad SMARTS) is 1. The standard InChI is InChI=1S/C15H20N2O4.2ClH/c1-3-21-14(20)15(2)6-7-17(10-15)9-11-4-5-12(13(18)19)16-8-11;;/h4-5,8H,3,6-7,9-10H2,1-2H3,(H,18,19);2*1H. The van der Waals surface area contributed by atoms with Gasteiger partial charge in [-0.1, -0.05) is 6.07 Å². The number of hydrogen-bond donors (Lipinski definition) is 1. The Bertz CT molecular complexity index is 539. The third-order valence-electron chi connectivity index (χ3n) is 3.77. The van der Waals surface area contributed by atoms with Crippen LogP contribution in [0.15, 0.2) is 18.3 Å². The minimum atomic E-state index is -1.03. The molecule has 130 valence electrons. The van der Waals surface area contributed by atoms with Crippen LogP contribution in [0, 0.1) is 5.41 Å². The van der Waals surface area contributed by atoms with E-state index in [-0.39, 0.29) is 36.5 Å². The lowest BCUT2D eigenvalue weighted by Crippen LogP contribution is -2.33. The molecule has 0 spiro atoms. The summed E-state index contributed by atoms with van der Waals surface area (Å²) in [6, 6.07) is 3.26. The van der Waals surface area contributed by atoms with E-state index < -0.39 is 11.4 Å². The number of carbonyl (C=O) groups is 2. The number of likely N-dealkylation sites (tertiary alicyclic amines) is 1. The first kappa shape index (κ1) is 21.6. The van der Waals surface area contributed by atoms with E-state index in [1.54, 1.807) is 12.3 Å². The van der Waals surface area contributed by atoms with E-state index in [1.165, 1.54) is 6.07 Å². The van der Waals surface area contributed by atoms with E-state index in [0.29, 0.717) is 19.7 Å². The molecule has 1 N–H and O–H groups in total. The van der Waals surface area contributed by atoms with E-state index in [2.05, 4.69) is 9.88 Å². The van der Waals surface area contributed by atoms with Crippen LogP contribution >= 0.6 is 24.8 Å². The quantitative estimate of drug-likeness (QED) is 0.808. The molecule has 1 aliphatic heterocycles. The van der Waals surface area contributed by atoms with Gasteiger partial charge >= 0.3 is 11.9 Å². The number of carboxylic acids is 1. The van der Waals surface area contributed by atoms with Crippen molar-refractivity contribution < 1.29 is 19.4 Å². The molecule has 1 unspecified atom stereocenters. The topological polar surface area (TPSA) is 79.7 Å². The molecule has 1 fully saturated rings. The number of hydrogen-bond acceptors (Lipinski definition) is 5. The zero-order valence-electron chi connectivity index (χ0n) is 13.2.